The first-order valence-electron chi connectivity index (χ1n) is 7.14. The molecule has 1 aromatic heterocycles. The third kappa shape index (κ3) is 3.69. The Bertz CT molecular complexity index is 630. The number of rotatable bonds is 3. The lowest BCUT2D eigenvalue weighted by Gasteiger charge is -2.19. The molecule has 4 nitrogen and oxygen atoms in total. The van der Waals surface area contributed by atoms with E-state index in [1.165, 1.54) is 0 Å². The molecule has 1 aliphatic rings. The minimum atomic E-state index is -0.0420. The quantitative estimate of drug-likeness (QED) is 0.901. The summed E-state index contributed by atoms with van der Waals surface area (Å²) in [5.74, 6) is 0.363. The van der Waals surface area contributed by atoms with Crippen LogP contribution >= 0.6 is 24.8 Å². The van der Waals surface area contributed by atoms with E-state index in [4.69, 9.17) is 5.73 Å². The minimum Gasteiger partial charge on any atom is -0.349 e. The standard InChI is InChI=1S/C16H19N3O.2ClH/c17-10-12-5-2-8-14(12)19-16(20)13-7-1-4-11-6-3-9-18-15(11)13;;/h1,3-4,6-7,9,12,14H,2,5,8,10,17H2,(H,19,20);2*1H. The highest BCUT2D eigenvalue weighted by atomic mass is 35.5. The van der Waals surface area contributed by atoms with Crippen molar-refractivity contribution in [3.8, 4) is 0 Å². The fourth-order valence-electron chi connectivity index (χ4n) is 3.04. The van der Waals surface area contributed by atoms with Crippen molar-refractivity contribution in [1.29, 1.82) is 0 Å². The number of fused-ring (bicyclic) bond motifs is 1. The van der Waals surface area contributed by atoms with Gasteiger partial charge in [0.15, 0.2) is 0 Å². The number of carbonyl (C=O) groups excluding carboxylic acids is 1. The van der Waals surface area contributed by atoms with Crippen LogP contribution in [0.25, 0.3) is 10.9 Å². The van der Waals surface area contributed by atoms with E-state index in [0.29, 0.717) is 18.0 Å². The molecule has 2 atom stereocenters. The molecule has 0 radical (unpaired) electrons. The number of nitrogens with one attached hydrogen (secondary N) is 1. The van der Waals surface area contributed by atoms with Gasteiger partial charge in [-0.15, -0.1) is 24.8 Å². The van der Waals surface area contributed by atoms with Gasteiger partial charge in [-0.05, 0) is 37.4 Å². The molecule has 3 N–H and O–H groups in total. The van der Waals surface area contributed by atoms with Gasteiger partial charge < -0.3 is 11.1 Å². The monoisotopic (exact) mass is 341 g/mol. The van der Waals surface area contributed by atoms with Crippen LogP contribution < -0.4 is 11.1 Å². The van der Waals surface area contributed by atoms with E-state index in [2.05, 4.69) is 10.3 Å². The van der Waals surface area contributed by atoms with Gasteiger partial charge in [0.1, 0.15) is 0 Å². The van der Waals surface area contributed by atoms with Crippen LogP contribution in [0.1, 0.15) is 29.6 Å². The molecule has 3 rings (SSSR count). The summed E-state index contributed by atoms with van der Waals surface area (Å²) in [5.41, 5.74) is 7.17. The Morgan fingerprint density at radius 1 is 1.23 bits per heavy atom. The van der Waals surface area contributed by atoms with Gasteiger partial charge in [0.2, 0.25) is 0 Å². The molecule has 1 amide bonds. The van der Waals surface area contributed by atoms with E-state index in [1.807, 2.05) is 30.3 Å². The summed E-state index contributed by atoms with van der Waals surface area (Å²) in [6, 6.07) is 9.75. The molecule has 0 saturated heterocycles. The van der Waals surface area contributed by atoms with Crippen molar-refractivity contribution in [3.05, 3.63) is 42.1 Å². The number of hydrogen-bond acceptors (Lipinski definition) is 3. The minimum absolute atomic E-state index is 0. The molecule has 1 fully saturated rings. The van der Waals surface area contributed by atoms with Crippen LogP contribution in [0, 0.1) is 5.92 Å². The van der Waals surface area contributed by atoms with E-state index < -0.39 is 0 Å². The van der Waals surface area contributed by atoms with Crippen LogP contribution in [-0.4, -0.2) is 23.5 Å². The van der Waals surface area contributed by atoms with Crippen molar-refractivity contribution in [3.63, 3.8) is 0 Å². The summed E-state index contributed by atoms with van der Waals surface area (Å²) in [6.07, 6.45) is 4.99. The highest BCUT2D eigenvalue weighted by Crippen LogP contribution is 2.25. The fourth-order valence-corrected chi connectivity index (χ4v) is 3.04. The van der Waals surface area contributed by atoms with Crippen molar-refractivity contribution in [2.24, 2.45) is 11.7 Å². The number of halogens is 2. The molecule has 1 saturated carbocycles. The summed E-state index contributed by atoms with van der Waals surface area (Å²) < 4.78 is 0. The summed E-state index contributed by atoms with van der Waals surface area (Å²) >= 11 is 0. The van der Waals surface area contributed by atoms with Crippen LogP contribution in [0.3, 0.4) is 0 Å². The van der Waals surface area contributed by atoms with Crippen molar-refractivity contribution in [2.45, 2.75) is 25.3 Å². The first-order chi connectivity index (χ1) is 9.79. The van der Waals surface area contributed by atoms with Gasteiger partial charge in [-0.3, -0.25) is 9.78 Å². The van der Waals surface area contributed by atoms with Gasteiger partial charge in [-0.25, -0.2) is 0 Å². The first-order valence-corrected chi connectivity index (χ1v) is 7.14. The van der Waals surface area contributed by atoms with Crippen LogP contribution in [0.2, 0.25) is 0 Å². The molecule has 6 heteroatoms. The Labute approximate surface area is 142 Å². The van der Waals surface area contributed by atoms with Crippen molar-refractivity contribution in [1.82, 2.24) is 10.3 Å². The molecule has 1 aromatic carbocycles. The van der Waals surface area contributed by atoms with Crippen molar-refractivity contribution < 1.29 is 4.79 Å². The molecule has 2 aromatic rings. The Kier molecular flexibility index (Phi) is 7.07. The van der Waals surface area contributed by atoms with E-state index in [-0.39, 0.29) is 36.8 Å². The van der Waals surface area contributed by atoms with Gasteiger partial charge in [0.05, 0.1) is 11.1 Å². The highest BCUT2D eigenvalue weighted by molar-refractivity contribution is 6.05. The lowest BCUT2D eigenvalue weighted by atomic mass is 10.0. The molecule has 120 valence electrons. The number of benzene rings is 1. The van der Waals surface area contributed by atoms with Gasteiger partial charge in [0, 0.05) is 17.6 Å². The smallest absolute Gasteiger partial charge is 0.253 e. The zero-order valence-corrected chi connectivity index (χ0v) is 13.8. The number of hydrogen-bond donors (Lipinski definition) is 2. The van der Waals surface area contributed by atoms with Crippen molar-refractivity contribution >= 4 is 41.6 Å². The molecule has 0 aliphatic heterocycles. The number of para-hydroxylation sites is 1. The van der Waals surface area contributed by atoms with Gasteiger partial charge in [-0.2, -0.15) is 0 Å². The summed E-state index contributed by atoms with van der Waals surface area (Å²) in [4.78, 5) is 16.8. The Morgan fingerprint density at radius 3 is 2.77 bits per heavy atom. The number of pyridine rings is 1. The second kappa shape index (κ2) is 8.32. The lowest BCUT2D eigenvalue weighted by molar-refractivity contribution is 0.0930. The van der Waals surface area contributed by atoms with Gasteiger partial charge in [0.25, 0.3) is 5.91 Å². The number of nitrogens with two attached hydrogens (primary N) is 1. The average Bonchev–Trinajstić information content (AvgIpc) is 2.93. The molecule has 2 unspecified atom stereocenters. The summed E-state index contributed by atoms with van der Waals surface area (Å²) in [6.45, 7) is 0.638. The van der Waals surface area contributed by atoms with E-state index in [0.717, 1.165) is 30.2 Å². The topological polar surface area (TPSA) is 68.0 Å². The molecule has 1 aliphatic carbocycles. The number of nitrogens with zero attached hydrogens (tertiary/aromatic N) is 1. The molecular formula is C16H21Cl2N3O. The lowest BCUT2D eigenvalue weighted by Crippen LogP contribution is -2.39. The molecule has 0 bridgehead atoms. The maximum Gasteiger partial charge on any atom is 0.253 e. The molecule has 22 heavy (non-hydrogen) atoms. The predicted molar refractivity (Wildman–Crippen MR) is 93.9 cm³/mol. The Balaban J connectivity index is 0.00000121. The van der Waals surface area contributed by atoms with Crippen molar-refractivity contribution in [2.75, 3.05) is 6.54 Å². The summed E-state index contributed by atoms with van der Waals surface area (Å²) in [5, 5.41) is 4.12. The van der Waals surface area contributed by atoms with Crippen LogP contribution in [0.15, 0.2) is 36.5 Å². The third-order valence-corrected chi connectivity index (χ3v) is 4.16. The SMILES string of the molecule is Cl.Cl.NCC1CCCC1NC(=O)c1cccc2cccnc12. The highest BCUT2D eigenvalue weighted by Gasteiger charge is 2.28. The van der Waals surface area contributed by atoms with E-state index in [1.54, 1.807) is 6.20 Å². The first kappa shape index (κ1) is 18.7. The van der Waals surface area contributed by atoms with Crippen LogP contribution in [-0.2, 0) is 0 Å². The average molecular weight is 342 g/mol. The predicted octanol–water partition coefficient (Wildman–Crippen LogP) is 2.94. The number of carbonyl (C=O) groups is 1. The maximum absolute atomic E-state index is 12.5. The zero-order valence-electron chi connectivity index (χ0n) is 12.2. The molecule has 0 spiro atoms. The fraction of sp³-hybridized carbons (Fsp3) is 0.375. The Morgan fingerprint density at radius 2 is 2.00 bits per heavy atom. The third-order valence-electron chi connectivity index (χ3n) is 4.16. The number of aromatic nitrogens is 1. The molecular weight excluding hydrogens is 321 g/mol. The maximum atomic E-state index is 12.5. The number of amides is 1. The largest absolute Gasteiger partial charge is 0.349 e. The van der Waals surface area contributed by atoms with Crippen LogP contribution in [0.4, 0.5) is 0 Å². The van der Waals surface area contributed by atoms with Gasteiger partial charge in [-0.1, -0.05) is 24.6 Å². The Hall–Kier alpha value is -1.36. The van der Waals surface area contributed by atoms with E-state index >= 15 is 0 Å². The van der Waals surface area contributed by atoms with Gasteiger partial charge >= 0.3 is 0 Å². The van der Waals surface area contributed by atoms with Crippen LogP contribution in [0.5, 0.6) is 0 Å². The second-order valence-corrected chi connectivity index (χ2v) is 5.39. The molecule has 1 heterocycles. The normalized spacial score (nSPS) is 20.0. The van der Waals surface area contributed by atoms with E-state index in [9.17, 15) is 4.79 Å². The zero-order chi connectivity index (χ0) is 13.9. The summed E-state index contributed by atoms with van der Waals surface area (Å²) in [7, 11) is 0. The second-order valence-electron chi connectivity index (χ2n) is 5.39.